The molecule has 0 saturated heterocycles. The second kappa shape index (κ2) is 9.32. The van der Waals surface area contributed by atoms with E-state index in [0.29, 0.717) is 39.7 Å². The number of carbonyl (C=O) groups excluding carboxylic acids is 2. The van der Waals surface area contributed by atoms with E-state index in [0.717, 1.165) is 10.6 Å². The van der Waals surface area contributed by atoms with E-state index in [9.17, 15) is 9.59 Å². The smallest absolute Gasteiger partial charge is 0.336 e. The second-order valence-electron chi connectivity index (χ2n) is 8.69. The van der Waals surface area contributed by atoms with Gasteiger partial charge in [0.25, 0.3) is 0 Å². The topological polar surface area (TPSA) is 55.4 Å². The van der Waals surface area contributed by atoms with Gasteiger partial charge in [-0.05, 0) is 48.9 Å². The van der Waals surface area contributed by atoms with Gasteiger partial charge in [0.2, 0.25) is 0 Å². The van der Waals surface area contributed by atoms with Crippen molar-refractivity contribution in [3.63, 3.8) is 0 Å². The molecule has 0 bridgehead atoms. The SMILES string of the molecule is CC1=C(C(=O)OCC(C)C)[C@@H](c2cc(Br)ccc2F)C2=C(C[C@@H](c3cccs3)CC2=O)N1. The summed E-state index contributed by atoms with van der Waals surface area (Å²) in [4.78, 5) is 27.7. The van der Waals surface area contributed by atoms with E-state index in [1.165, 1.54) is 6.07 Å². The quantitative estimate of drug-likeness (QED) is 0.479. The lowest BCUT2D eigenvalue weighted by Gasteiger charge is -2.36. The molecule has 0 unspecified atom stereocenters. The molecule has 0 radical (unpaired) electrons. The minimum absolute atomic E-state index is 0.0665. The summed E-state index contributed by atoms with van der Waals surface area (Å²) in [6.07, 6.45) is 0.972. The average molecular weight is 518 g/mol. The van der Waals surface area contributed by atoms with Gasteiger partial charge in [-0.2, -0.15) is 0 Å². The fraction of sp³-hybridized carbons (Fsp3) is 0.360. The lowest BCUT2D eigenvalue weighted by Crippen LogP contribution is -2.36. The standard InChI is InChI=1S/C25H25BrFNO3S/c1-13(2)12-31-25(30)22-14(3)28-19-9-15(21-5-4-8-32-21)10-20(29)24(19)23(22)17-11-16(26)6-7-18(17)27/h4-8,11,13,15,23,28H,9-10,12H2,1-3H3/t15-,23-/m1/s1. The molecule has 32 heavy (non-hydrogen) atoms. The van der Waals surface area contributed by atoms with Crippen LogP contribution < -0.4 is 5.32 Å². The van der Waals surface area contributed by atoms with E-state index in [-0.39, 0.29) is 24.2 Å². The summed E-state index contributed by atoms with van der Waals surface area (Å²) in [6, 6.07) is 8.64. The molecular formula is C25H25BrFNO3S. The zero-order valence-electron chi connectivity index (χ0n) is 18.2. The minimum atomic E-state index is -0.805. The summed E-state index contributed by atoms with van der Waals surface area (Å²) in [7, 11) is 0. The predicted molar refractivity (Wildman–Crippen MR) is 127 cm³/mol. The van der Waals surface area contributed by atoms with Gasteiger partial charge in [-0.15, -0.1) is 11.3 Å². The number of ketones is 1. The number of Topliss-reactive ketones (excluding diaryl/α,β-unsaturated/α-hetero) is 1. The molecule has 2 atom stereocenters. The Bertz CT molecular complexity index is 1120. The molecule has 0 fully saturated rings. The maximum Gasteiger partial charge on any atom is 0.336 e. The normalized spacial score (nSPS) is 21.0. The van der Waals surface area contributed by atoms with Gasteiger partial charge in [0.15, 0.2) is 5.78 Å². The molecule has 1 N–H and O–H groups in total. The van der Waals surface area contributed by atoms with Crippen LogP contribution in [0.25, 0.3) is 0 Å². The van der Waals surface area contributed by atoms with Gasteiger partial charge in [-0.1, -0.05) is 35.8 Å². The molecule has 2 heterocycles. The zero-order valence-corrected chi connectivity index (χ0v) is 20.6. The van der Waals surface area contributed by atoms with Crippen molar-refractivity contribution < 1.29 is 18.7 Å². The minimum Gasteiger partial charge on any atom is -0.462 e. The molecule has 4 rings (SSSR count). The number of rotatable bonds is 5. The Balaban J connectivity index is 1.81. The summed E-state index contributed by atoms with van der Waals surface area (Å²) in [5.74, 6) is -1.61. The molecule has 1 aromatic carbocycles. The first-order valence-corrected chi connectivity index (χ1v) is 12.3. The third kappa shape index (κ3) is 4.46. The number of benzene rings is 1. The van der Waals surface area contributed by atoms with Gasteiger partial charge in [-0.3, -0.25) is 4.79 Å². The highest BCUT2D eigenvalue weighted by molar-refractivity contribution is 9.10. The maximum absolute atomic E-state index is 15.1. The van der Waals surface area contributed by atoms with Gasteiger partial charge < -0.3 is 10.1 Å². The van der Waals surface area contributed by atoms with Crippen LogP contribution in [0.4, 0.5) is 4.39 Å². The number of ether oxygens (including phenoxy) is 1. The Morgan fingerprint density at radius 3 is 2.78 bits per heavy atom. The highest BCUT2D eigenvalue weighted by Gasteiger charge is 2.42. The Kier molecular flexibility index (Phi) is 6.67. The van der Waals surface area contributed by atoms with Crippen LogP contribution in [0.5, 0.6) is 0 Å². The van der Waals surface area contributed by atoms with E-state index >= 15 is 4.39 Å². The van der Waals surface area contributed by atoms with Crippen LogP contribution in [-0.2, 0) is 14.3 Å². The first-order chi connectivity index (χ1) is 15.3. The Hall–Kier alpha value is -2.25. The monoisotopic (exact) mass is 517 g/mol. The fourth-order valence-electron chi connectivity index (χ4n) is 4.40. The molecule has 2 aromatic rings. The number of allylic oxidation sites excluding steroid dienone is 3. The van der Waals surface area contributed by atoms with Gasteiger partial charge in [0, 0.05) is 44.2 Å². The average Bonchev–Trinajstić information content (AvgIpc) is 3.27. The highest BCUT2D eigenvalue weighted by Crippen LogP contribution is 2.47. The van der Waals surface area contributed by atoms with Gasteiger partial charge in [0.05, 0.1) is 18.1 Å². The number of dihydropyridines is 1. The molecule has 0 saturated carbocycles. The van der Waals surface area contributed by atoms with Crippen LogP contribution in [0.3, 0.4) is 0 Å². The van der Waals surface area contributed by atoms with Crippen LogP contribution in [0.2, 0.25) is 0 Å². The number of carbonyl (C=O) groups is 2. The first kappa shape index (κ1) is 22.9. The molecule has 1 aromatic heterocycles. The van der Waals surface area contributed by atoms with Crippen LogP contribution >= 0.6 is 27.3 Å². The van der Waals surface area contributed by atoms with Crippen molar-refractivity contribution in [3.05, 3.63) is 79.0 Å². The highest BCUT2D eigenvalue weighted by atomic mass is 79.9. The van der Waals surface area contributed by atoms with E-state index in [2.05, 4.69) is 21.2 Å². The van der Waals surface area contributed by atoms with Crippen molar-refractivity contribution in [3.8, 4) is 0 Å². The third-order valence-corrected chi connectivity index (χ3v) is 7.34. The summed E-state index contributed by atoms with van der Waals surface area (Å²) in [5.41, 5.74) is 2.43. The molecular weight excluding hydrogens is 493 g/mol. The number of hydrogen-bond acceptors (Lipinski definition) is 5. The van der Waals surface area contributed by atoms with E-state index in [4.69, 9.17) is 4.74 Å². The van der Waals surface area contributed by atoms with Crippen LogP contribution in [-0.4, -0.2) is 18.4 Å². The maximum atomic E-state index is 15.1. The van der Waals surface area contributed by atoms with Crippen molar-refractivity contribution in [1.82, 2.24) is 5.32 Å². The van der Waals surface area contributed by atoms with Crippen LogP contribution in [0.15, 0.2) is 62.7 Å². The lowest BCUT2D eigenvalue weighted by atomic mass is 9.72. The van der Waals surface area contributed by atoms with Crippen molar-refractivity contribution in [2.24, 2.45) is 5.92 Å². The Labute approximate surface area is 199 Å². The molecule has 168 valence electrons. The first-order valence-electron chi connectivity index (χ1n) is 10.7. The molecule has 7 heteroatoms. The number of thiophene rings is 1. The molecule has 2 aliphatic rings. The largest absolute Gasteiger partial charge is 0.462 e. The number of nitrogens with one attached hydrogen (secondary N) is 1. The molecule has 0 spiro atoms. The Morgan fingerprint density at radius 1 is 1.31 bits per heavy atom. The fourth-order valence-corrected chi connectivity index (χ4v) is 5.61. The number of esters is 1. The summed E-state index contributed by atoms with van der Waals surface area (Å²) >= 11 is 5.04. The van der Waals surface area contributed by atoms with Crippen molar-refractivity contribution in [2.45, 2.75) is 45.4 Å². The van der Waals surface area contributed by atoms with Crippen molar-refractivity contribution in [1.29, 1.82) is 0 Å². The molecule has 1 aliphatic heterocycles. The van der Waals surface area contributed by atoms with Crippen molar-refractivity contribution >= 4 is 39.0 Å². The van der Waals surface area contributed by atoms with Gasteiger partial charge >= 0.3 is 5.97 Å². The van der Waals surface area contributed by atoms with Crippen molar-refractivity contribution in [2.75, 3.05) is 6.61 Å². The summed E-state index contributed by atoms with van der Waals surface area (Å²) in [6.45, 7) is 5.95. The number of hydrogen-bond donors (Lipinski definition) is 1. The lowest BCUT2D eigenvalue weighted by molar-refractivity contribution is -0.140. The van der Waals surface area contributed by atoms with E-state index in [1.807, 2.05) is 31.4 Å². The molecule has 0 amide bonds. The van der Waals surface area contributed by atoms with Gasteiger partial charge in [0.1, 0.15) is 5.82 Å². The third-order valence-electron chi connectivity index (χ3n) is 5.81. The number of halogens is 2. The molecule has 1 aliphatic carbocycles. The van der Waals surface area contributed by atoms with Crippen LogP contribution in [0.1, 0.15) is 55.9 Å². The van der Waals surface area contributed by atoms with E-state index in [1.54, 1.807) is 30.4 Å². The second-order valence-corrected chi connectivity index (χ2v) is 10.6. The summed E-state index contributed by atoms with van der Waals surface area (Å²) < 4.78 is 21.3. The molecule has 4 nitrogen and oxygen atoms in total. The van der Waals surface area contributed by atoms with E-state index < -0.39 is 17.7 Å². The Morgan fingerprint density at radius 2 is 2.09 bits per heavy atom. The predicted octanol–water partition coefficient (Wildman–Crippen LogP) is 6.21. The summed E-state index contributed by atoms with van der Waals surface area (Å²) in [5, 5.41) is 5.31. The van der Waals surface area contributed by atoms with Crippen LogP contribution in [0, 0.1) is 11.7 Å². The van der Waals surface area contributed by atoms with Gasteiger partial charge in [-0.25, -0.2) is 9.18 Å². The zero-order chi connectivity index (χ0) is 23.0.